The Kier molecular flexibility index (Phi) is 6.86. The Morgan fingerprint density at radius 1 is 1.07 bits per heavy atom. The maximum Gasteiger partial charge on any atom is 0.371 e. The van der Waals surface area contributed by atoms with E-state index in [0.717, 1.165) is 0 Å². The molecule has 0 saturated heterocycles. The van der Waals surface area contributed by atoms with E-state index >= 15 is 0 Å². The Hall–Kier alpha value is -3.68. The number of nitrogens with one attached hydrogen (secondary N) is 2. The van der Waals surface area contributed by atoms with Gasteiger partial charge in [0.2, 0.25) is 11.7 Å². The highest BCUT2D eigenvalue weighted by Gasteiger charge is 2.17. The number of carbonyl (C=O) groups is 3. The number of halogens is 1. The highest BCUT2D eigenvalue weighted by Crippen LogP contribution is 2.25. The quantitative estimate of drug-likeness (QED) is 0.429. The summed E-state index contributed by atoms with van der Waals surface area (Å²) in [6.07, 6.45) is 0.561. The number of carboxylic acid groups (broad SMARTS) is 1. The molecule has 1 atom stereocenters. The second-order valence-electron chi connectivity index (χ2n) is 5.89. The molecule has 0 radical (unpaired) electrons. The van der Waals surface area contributed by atoms with Crippen LogP contribution in [-0.4, -0.2) is 41.6 Å². The van der Waals surface area contributed by atoms with Crippen LogP contribution in [0.4, 0.5) is 4.39 Å². The molecule has 0 saturated carbocycles. The predicted octanol–water partition coefficient (Wildman–Crippen LogP) is 1.96. The van der Waals surface area contributed by atoms with E-state index in [4.69, 9.17) is 10.2 Å². The summed E-state index contributed by atoms with van der Waals surface area (Å²) in [6, 6.07) is 12.4. The van der Waals surface area contributed by atoms with E-state index in [1.54, 1.807) is 36.4 Å². The number of benzene rings is 2. The molecule has 4 N–H and O–H groups in total. The number of aliphatic hydroxyl groups is 1. The lowest BCUT2D eigenvalue weighted by atomic mass is 9.90. The lowest BCUT2D eigenvalue weighted by Gasteiger charge is -2.19. The summed E-state index contributed by atoms with van der Waals surface area (Å²) < 4.78 is 13.3. The van der Waals surface area contributed by atoms with E-state index in [9.17, 15) is 18.8 Å². The smallest absolute Gasteiger partial charge is 0.371 e. The molecular weight excluding hydrogens is 367 g/mol. The monoisotopic (exact) mass is 386 g/mol. The number of hydrogen-bond acceptors (Lipinski definition) is 4. The van der Waals surface area contributed by atoms with Crippen LogP contribution < -0.4 is 10.6 Å². The molecule has 0 fully saturated rings. The van der Waals surface area contributed by atoms with Crippen molar-refractivity contribution in [1.82, 2.24) is 10.6 Å². The molecule has 2 rings (SSSR count). The van der Waals surface area contributed by atoms with Crippen LogP contribution in [0.25, 0.3) is 0 Å². The molecule has 2 amide bonds. The van der Waals surface area contributed by atoms with Crippen LogP contribution in [0.3, 0.4) is 0 Å². The highest BCUT2D eigenvalue weighted by molar-refractivity contribution is 5.96. The Balaban J connectivity index is 2.32. The number of amides is 2. The van der Waals surface area contributed by atoms with Gasteiger partial charge in [-0.05, 0) is 35.4 Å². The van der Waals surface area contributed by atoms with Gasteiger partial charge < -0.3 is 20.8 Å². The molecule has 0 heterocycles. The van der Waals surface area contributed by atoms with Gasteiger partial charge in [0, 0.05) is 25.1 Å². The number of rotatable bonds is 7. The average molecular weight is 386 g/mol. The van der Waals surface area contributed by atoms with Crippen LogP contribution in [0.5, 0.6) is 0 Å². The Labute approximate surface area is 160 Å². The van der Waals surface area contributed by atoms with Gasteiger partial charge in [-0.1, -0.05) is 24.3 Å². The van der Waals surface area contributed by atoms with Crippen molar-refractivity contribution >= 4 is 17.8 Å². The second-order valence-corrected chi connectivity index (χ2v) is 5.89. The van der Waals surface area contributed by atoms with Crippen molar-refractivity contribution in [1.29, 1.82) is 0 Å². The van der Waals surface area contributed by atoms with Crippen molar-refractivity contribution in [3.05, 3.63) is 82.9 Å². The number of aliphatic hydroxyl groups excluding tert-OH is 1. The molecule has 0 aliphatic heterocycles. The summed E-state index contributed by atoms with van der Waals surface area (Å²) in [6.45, 7) is 0.0328. The molecule has 146 valence electrons. The van der Waals surface area contributed by atoms with Crippen molar-refractivity contribution in [2.45, 2.75) is 5.92 Å². The minimum atomic E-state index is -1.62. The first-order valence-corrected chi connectivity index (χ1v) is 8.31. The fraction of sp³-hybridized carbons (Fsp3) is 0.150. The highest BCUT2D eigenvalue weighted by atomic mass is 19.1. The molecule has 0 spiro atoms. The maximum absolute atomic E-state index is 13.3. The minimum absolute atomic E-state index is 0.0328. The van der Waals surface area contributed by atoms with E-state index in [1.165, 1.54) is 19.2 Å². The summed E-state index contributed by atoms with van der Waals surface area (Å²) in [5.41, 5.74) is 1.79. The van der Waals surface area contributed by atoms with Gasteiger partial charge in [-0.3, -0.25) is 9.59 Å². The van der Waals surface area contributed by atoms with Crippen LogP contribution in [-0.2, 0) is 9.59 Å². The fourth-order valence-corrected chi connectivity index (χ4v) is 2.60. The van der Waals surface area contributed by atoms with Crippen LogP contribution in [0.15, 0.2) is 60.4 Å². The largest absolute Gasteiger partial charge is 0.502 e. The number of carbonyl (C=O) groups excluding carboxylic acids is 2. The Morgan fingerprint density at radius 3 is 2.36 bits per heavy atom. The zero-order valence-electron chi connectivity index (χ0n) is 15.0. The Bertz CT molecular complexity index is 909. The number of hydrogen-bond donors (Lipinski definition) is 4. The van der Waals surface area contributed by atoms with Crippen molar-refractivity contribution < 1.29 is 29.0 Å². The zero-order valence-corrected chi connectivity index (χ0v) is 15.0. The molecule has 28 heavy (non-hydrogen) atoms. The van der Waals surface area contributed by atoms with E-state index in [-0.39, 0.29) is 12.5 Å². The van der Waals surface area contributed by atoms with Crippen LogP contribution in [0, 0.1) is 5.82 Å². The first kappa shape index (κ1) is 20.6. The molecule has 0 bridgehead atoms. The van der Waals surface area contributed by atoms with Crippen LogP contribution in [0.1, 0.15) is 27.4 Å². The normalized spacial score (nSPS) is 12.1. The summed E-state index contributed by atoms with van der Waals surface area (Å²) in [5, 5.41) is 22.8. The number of aliphatic carboxylic acids is 1. The van der Waals surface area contributed by atoms with Gasteiger partial charge in [0.1, 0.15) is 5.82 Å². The van der Waals surface area contributed by atoms with E-state index < -0.39 is 29.4 Å². The van der Waals surface area contributed by atoms with Crippen molar-refractivity contribution in [2.75, 3.05) is 13.6 Å². The molecule has 1 unspecified atom stereocenters. The number of carboxylic acids is 1. The van der Waals surface area contributed by atoms with Crippen molar-refractivity contribution in [3.8, 4) is 0 Å². The topological polar surface area (TPSA) is 116 Å². The Morgan fingerprint density at radius 2 is 1.75 bits per heavy atom. The molecule has 2 aromatic carbocycles. The third-order valence-electron chi connectivity index (χ3n) is 4.02. The lowest BCUT2D eigenvalue weighted by molar-refractivity contribution is -0.136. The summed E-state index contributed by atoms with van der Waals surface area (Å²) in [7, 11) is 1.51. The van der Waals surface area contributed by atoms with E-state index in [2.05, 4.69) is 10.6 Å². The zero-order chi connectivity index (χ0) is 20.7. The second kappa shape index (κ2) is 9.31. The molecule has 8 heteroatoms. The van der Waals surface area contributed by atoms with Crippen molar-refractivity contribution in [2.24, 2.45) is 0 Å². The van der Waals surface area contributed by atoms with E-state index in [0.29, 0.717) is 22.8 Å². The average Bonchev–Trinajstić information content (AvgIpc) is 2.69. The van der Waals surface area contributed by atoms with Gasteiger partial charge >= 0.3 is 5.97 Å². The summed E-state index contributed by atoms with van der Waals surface area (Å²) >= 11 is 0. The molecular formula is C20H19FN2O5. The van der Waals surface area contributed by atoms with Crippen LogP contribution >= 0.6 is 0 Å². The first-order chi connectivity index (χ1) is 13.3. The molecule has 0 aliphatic carbocycles. The summed E-state index contributed by atoms with van der Waals surface area (Å²) in [5.74, 6) is -4.64. The molecule has 7 nitrogen and oxygen atoms in total. The van der Waals surface area contributed by atoms with Gasteiger partial charge in [-0.25, -0.2) is 9.18 Å². The van der Waals surface area contributed by atoms with Gasteiger partial charge in [0.05, 0.1) is 6.08 Å². The van der Waals surface area contributed by atoms with Gasteiger partial charge in [-0.15, -0.1) is 0 Å². The van der Waals surface area contributed by atoms with Crippen LogP contribution in [0.2, 0.25) is 0 Å². The lowest BCUT2D eigenvalue weighted by Crippen LogP contribution is -2.28. The maximum atomic E-state index is 13.3. The third kappa shape index (κ3) is 5.41. The van der Waals surface area contributed by atoms with E-state index in [1.807, 2.05) is 0 Å². The molecule has 2 aromatic rings. The van der Waals surface area contributed by atoms with Gasteiger partial charge in [0.15, 0.2) is 0 Å². The van der Waals surface area contributed by atoms with Gasteiger partial charge in [-0.2, -0.15) is 0 Å². The SMILES string of the molecule is CNC(=O)c1cccc(C(CNC(=O)/C=C(\O)C(=O)O)c2ccc(F)cc2)c1. The third-order valence-corrected chi connectivity index (χ3v) is 4.02. The fourth-order valence-electron chi connectivity index (χ4n) is 2.60. The van der Waals surface area contributed by atoms with Gasteiger partial charge in [0.25, 0.3) is 5.91 Å². The summed E-state index contributed by atoms with van der Waals surface area (Å²) in [4.78, 5) is 34.4. The minimum Gasteiger partial charge on any atom is -0.502 e. The standard InChI is InChI=1S/C20H19FN2O5/c1-22-19(26)14-4-2-3-13(9-14)16(12-5-7-15(21)8-6-12)11-23-18(25)10-17(24)20(27)28/h2-10,16,24H,11H2,1H3,(H,22,26)(H,23,25)(H,27,28)/b17-10-. The molecule has 0 aliphatic rings. The predicted molar refractivity (Wildman–Crippen MR) is 99.4 cm³/mol. The first-order valence-electron chi connectivity index (χ1n) is 8.31. The molecule has 0 aromatic heterocycles. The van der Waals surface area contributed by atoms with Crippen molar-refractivity contribution in [3.63, 3.8) is 0 Å².